The van der Waals surface area contributed by atoms with E-state index in [1.165, 1.54) is 0 Å². The van der Waals surface area contributed by atoms with Gasteiger partial charge in [-0.05, 0) is 31.7 Å². The molecule has 1 heterocycles. The van der Waals surface area contributed by atoms with Gasteiger partial charge >= 0.3 is 26.4 Å². The van der Waals surface area contributed by atoms with Crippen LogP contribution in [-0.2, 0) is 12.3 Å². The third-order valence-corrected chi connectivity index (χ3v) is 15.6. The molecule has 0 aromatic rings. The van der Waals surface area contributed by atoms with Crippen molar-refractivity contribution in [2.24, 2.45) is 0 Å². The lowest BCUT2D eigenvalue weighted by Gasteiger charge is -2.45. The summed E-state index contributed by atoms with van der Waals surface area (Å²) in [6.07, 6.45) is 2.31. The van der Waals surface area contributed by atoms with Crippen molar-refractivity contribution >= 4 is 26.4 Å². The van der Waals surface area contributed by atoms with Crippen LogP contribution in [0.2, 0.25) is 31.7 Å². The van der Waals surface area contributed by atoms with Gasteiger partial charge in [-0.25, -0.2) is 0 Å². The SMILES string of the molecule is CCC[Si]1(C)O[SiH](C)O[Si](C)(CCC)O1. The fraction of sp³-hybridized carbons (Fsp3) is 1.00. The molecule has 0 N–H and O–H groups in total. The van der Waals surface area contributed by atoms with Crippen LogP contribution in [0.3, 0.4) is 0 Å². The van der Waals surface area contributed by atoms with Crippen molar-refractivity contribution in [2.75, 3.05) is 0 Å². The van der Waals surface area contributed by atoms with E-state index in [9.17, 15) is 0 Å². The van der Waals surface area contributed by atoms with Crippen LogP contribution in [0.25, 0.3) is 0 Å². The van der Waals surface area contributed by atoms with Crippen molar-refractivity contribution in [1.29, 1.82) is 0 Å². The van der Waals surface area contributed by atoms with Gasteiger partial charge in [0.05, 0.1) is 0 Å². The highest BCUT2D eigenvalue weighted by atomic mass is 28.5. The normalized spacial score (nSPS) is 41.8. The molecule has 0 aromatic carbocycles. The van der Waals surface area contributed by atoms with E-state index < -0.39 is 26.4 Å². The molecule has 0 radical (unpaired) electrons. The van der Waals surface area contributed by atoms with E-state index >= 15 is 0 Å². The molecule has 1 fully saturated rings. The molecule has 1 aliphatic rings. The van der Waals surface area contributed by atoms with Crippen LogP contribution in [0.15, 0.2) is 0 Å². The molecule has 0 spiro atoms. The van der Waals surface area contributed by atoms with E-state index in [4.69, 9.17) is 12.3 Å². The lowest BCUT2D eigenvalue weighted by atomic mass is 10.6. The molecule has 15 heavy (non-hydrogen) atoms. The second-order valence-electron chi connectivity index (χ2n) is 4.67. The monoisotopic (exact) mass is 264 g/mol. The molecule has 1 aliphatic heterocycles. The van der Waals surface area contributed by atoms with Crippen LogP contribution in [0.5, 0.6) is 0 Å². The third kappa shape index (κ3) is 3.79. The minimum atomic E-state index is -1.87. The van der Waals surface area contributed by atoms with E-state index in [2.05, 4.69) is 33.5 Å². The maximum Gasteiger partial charge on any atom is 0.317 e. The number of hydrogen-bond acceptors (Lipinski definition) is 3. The van der Waals surface area contributed by atoms with Gasteiger partial charge in [-0.15, -0.1) is 0 Å². The Kier molecular flexibility index (Phi) is 4.75. The summed E-state index contributed by atoms with van der Waals surface area (Å²) in [6, 6.07) is 2.22. The predicted octanol–water partition coefficient (Wildman–Crippen LogP) is 2.86. The standard InChI is InChI=1S/C9H24O3Si3/c1-6-8-14(4)10-13(3)11-15(5,12-14)9-7-2/h13H,6-9H2,1-5H3. The second kappa shape index (κ2) is 5.24. The summed E-state index contributed by atoms with van der Waals surface area (Å²) in [5, 5.41) is 0. The maximum atomic E-state index is 6.28. The highest BCUT2D eigenvalue weighted by Gasteiger charge is 2.48. The Labute approximate surface area is 97.5 Å². The summed E-state index contributed by atoms with van der Waals surface area (Å²) in [7, 11) is -5.16. The molecule has 1 saturated heterocycles. The van der Waals surface area contributed by atoms with Gasteiger partial charge in [0, 0.05) is 0 Å². The van der Waals surface area contributed by atoms with Crippen LogP contribution in [-0.4, -0.2) is 26.4 Å². The zero-order chi connectivity index (χ0) is 11.5. The average molecular weight is 265 g/mol. The van der Waals surface area contributed by atoms with Crippen molar-refractivity contribution < 1.29 is 12.3 Å². The minimum Gasteiger partial charge on any atom is -0.418 e. The molecular formula is C9H24O3Si3. The molecular weight excluding hydrogens is 240 g/mol. The molecule has 0 bridgehead atoms. The van der Waals surface area contributed by atoms with Crippen molar-refractivity contribution in [2.45, 2.75) is 58.4 Å². The largest absolute Gasteiger partial charge is 0.418 e. The van der Waals surface area contributed by atoms with Gasteiger partial charge in [-0.2, -0.15) is 0 Å². The summed E-state index contributed by atoms with van der Waals surface area (Å²) in [6.45, 7) is 11.0. The Morgan fingerprint density at radius 2 is 1.33 bits per heavy atom. The highest BCUT2D eigenvalue weighted by Crippen LogP contribution is 2.31. The van der Waals surface area contributed by atoms with E-state index in [0.29, 0.717) is 0 Å². The molecule has 0 amide bonds. The predicted molar refractivity (Wildman–Crippen MR) is 69.7 cm³/mol. The highest BCUT2D eigenvalue weighted by molar-refractivity contribution is 6.88. The Hall–Kier alpha value is 0.531. The third-order valence-electron chi connectivity index (χ3n) is 2.67. The fourth-order valence-corrected chi connectivity index (χ4v) is 17.1. The van der Waals surface area contributed by atoms with Crippen molar-refractivity contribution in [1.82, 2.24) is 0 Å². The molecule has 90 valence electrons. The van der Waals surface area contributed by atoms with E-state index in [0.717, 1.165) is 24.9 Å². The summed E-state index contributed by atoms with van der Waals surface area (Å²) in [5.41, 5.74) is 0. The van der Waals surface area contributed by atoms with Gasteiger partial charge in [0.15, 0.2) is 0 Å². The molecule has 3 nitrogen and oxygen atoms in total. The zero-order valence-electron chi connectivity index (χ0n) is 10.6. The Morgan fingerprint density at radius 3 is 1.67 bits per heavy atom. The first-order valence-corrected chi connectivity index (χ1v) is 13.1. The number of hydrogen-bond donors (Lipinski definition) is 0. The minimum absolute atomic E-state index is 1.11. The Bertz CT molecular complexity index is 197. The summed E-state index contributed by atoms with van der Waals surface area (Å²) in [5.74, 6) is 0. The van der Waals surface area contributed by atoms with E-state index in [-0.39, 0.29) is 0 Å². The van der Waals surface area contributed by atoms with Crippen LogP contribution in [0, 0.1) is 0 Å². The average Bonchev–Trinajstić information content (AvgIpc) is 1.99. The van der Waals surface area contributed by atoms with E-state index in [1.54, 1.807) is 0 Å². The summed E-state index contributed by atoms with van der Waals surface area (Å²) >= 11 is 0. The lowest BCUT2D eigenvalue weighted by molar-refractivity contribution is 0.243. The first-order valence-electron chi connectivity index (χ1n) is 5.99. The van der Waals surface area contributed by atoms with Gasteiger partial charge in [-0.3, -0.25) is 0 Å². The first kappa shape index (κ1) is 13.6. The lowest BCUT2D eigenvalue weighted by Crippen LogP contribution is -2.61. The number of rotatable bonds is 4. The maximum absolute atomic E-state index is 6.28. The fourth-order valence-electron chi connectivity index (χ4n) is 2.36. The second-order valence-corrected chi connectivity index (χ2v) is 14.0. The van der Waals surface area contributed by atoms with Crippen LogP contribution in [0.4, 0.5) is 0 Å². The molecule has 0 aliphatic carbocycles. The van der Waals surface area contributed by atoms with Gasteiger partial charge in [0.1, 0.15) is 0 Å². The first-order chi connectivity index (χ1) is 6.93. The zero-order valence-corrected chi connectivity index (χ0v) is 13.8. The quantitative estimate of drug-likeness (QED) is 0.731. The van der Waals surface area contributed by atoms with Crippen LogP contribution >= 0.6 is 0 Å². The molecule has 0 saturated carbocycles. The molecule has 2 atom stereocenters. The van der Waals surface area contributed by atoms with Crippen molar-refractivity contribution in [3.8, 4) is 0 Å². The Morgan fingerprint density at radius 1 is 0.933 bits per heavy atom. The van der Waals surface area contributed by atoms with Gasteiger partial charge in [-0.1, -0.05) is 26.7 Å². The molecule has 2 unspecified atom stereocenters. The van der Waals surface area contributed by atoms with Gasteiger partial charge < -0.3 is 12.3 Å². The summed E-state index contributed by atoms with van der Waals surface area (Å²) < 4.78 is 18.3. The van der Waals surface area contributed by atoms with E-state index in [1.807, 2.05) is 0 Å². The van der Waals surface area contributed by atoms with Crippen LogP contribution in [0.1, 0.15) is 26.7 Å². The van der Waals surface area contributed by atoms with Gasteiger partial charge in [0.2, 0.25) is 0 Å². The smallest absolute Gasteiger partial charge is 0.317 e. The van der Waals surface area contributed by atoms with Crippen molar-refractivity contribution in [3.63, 3.8) is 0 Å². The Balaban J connectivity index is 2.70. The molecule has 6 heteroatoms. The topological polar surface area (TPSA) is 27.7 Å². The molecule has 0 aromatic heterocycles. The summed E-state index contributed by atoms with van der Waals surface area (Å²) in [4.78, 5) is 0. The van der Waals surface area contributed by atoms with Gasteiger partial charge in [0.25, 0.3) is 0 Å². The van der Waals surface area contributed by atoms with Crippen LogP contribution < -0.4 is 0 Å². The van der Waals surface area contributed by atoms with Crippen molar-refractivity contribution in [3.05, 3.63) is 0 Å². The molecule has 1 rings (SSSR count).